The highest BCUT2D eigenvalue weighted by Gasteiger charge is 2.22. The molecule has 2 heterocycles. The Labute approximate surface area is 185 Å². The van der Waals surface area contributed by atoms with Crippen LogP contribution in [0.15, 0.2) is 48.7 Å². The summed E-state index contributed by atoms with van der Waals surface area (Å²) in [6, 6.07) is 12.7. The SMILES string of the molecule is CC(C)CC(=O)NC(C(=O)NCc1ccc(N2CCCCCC2)nc1)c1ccccc1. The number of pyridine rings is 1. The highest BCUT2D eigenvalue weighted by Crippen LogP contribution is 2.18. The molecule has 0 radical (unpaired) electrons. The predicted molar refractivity (Wildman–Crippen MR) is 124 cm³/mol. The van der Waals surface area contributed by atoms with E-state index in [9.17, 15) is 9.59 Å². The number of nitrogens with one attached hydrogen (secondary N) is 2. The number of aromatic nitrogens is 1. The lowest BCUT2D eigenvalue weighted by Gasteiger charge is -2.22. The summed E-state index contributed by atoms with van der Waals surface area (Å²) >= 11 is 0. The van der Waals surface area contributed by atoms with Crippen LogP contribution in [-0.4, -0.2) is 29.9 Å². The maximum atomic E-state index is 12.9. The van der Waals surface area contributed by atoms with Crippen LogP contribution in [0.4, 0.5) is 5.82 Å². The summed E-state index contributed by atoms with van der Waals surface area (Å²) in [7, 11) is 0. The molecular weight excluding hydrogens is 388 g/mol. The fraction of sp³-hybridized carbons (Fsp3) is 0.480. The molecule has 0 bridgehead atoms. The Morgan fingerprint density at radius 3 is 2.32 bits per heavy atom. The second-order valence-corrected chi connectivity index (χ2v) is 8.65. The summed E-state index contributed by atoms with van der Waals surface area (Å²) in [4.78, 5) is 32.2. The molecule has 1 saturated heterocycles. The van der Waals surface area contributed by atoms with E-state index in [1.165, 1.54) is 25.7 Å². The lowest BCUT2D eigenvalue weighted by atomic mass is 10.0. The van der Waals surface area contributed by atoms with Crippen molar-refractivity contribution in [3.63, 3.8) is 0 Å². The van der Waals surface area contributed by atoms with Gasteiger partial charge in [0.25, 0.3) is 0 Å². The van der Waals surface area contributed by atoms with E-state index < -0.39 is 6.04 Å². The molecular formula is C25H34N4O2. The van der Waals surface area contributed by atoms with Gasteiger partial charge in [-0.3, -0.25) is 9.59 Å². The van der Waals surface area contributed by atoms with Crippen molar-refractivity contribution in [2.24, 2.45) is 5.92 Å². The first kappa shape index (κ1) is 22.8. The Kier molecular flexibility index (Phi) is 8.44. The molecule has 1 aliphatic heterocycles. The van der Waals surface area contributed by atoms with Crippen LogP contribution >= 0.6 is 0 Å². The van der Waals surface area contributed by atoms with Crippen LogP contribution in [-0.2, 0) is 16.1 Å². The number of amides is 2. The second-order valence-electron chi connectivity index (χ2n) is 8.65. The Balaban J connectivity index is 1.61. The summed E-state index contributed by atoms with van der Waals surface area (Å²) in [6.45, 7) is 6.45. The first-order chi connectivity index (χ1) is 15.0. The number of hydrogen-bond acceptors (Lipinski definition) is 4. The van der Waals surface area contributed by atoms with E-state index in [0.717, 1.165) is 30.0 Å². The van der Waals surface area contributed by atoms with E-state index in [1.807, 2.05) is 62.5 Å². The van der Waals surface area contributed by atoms with Gasteiger partial charge in [0.2, 0.25) is 11.8 Å². The average molecular weight is 423 g/mol. The molecule has 3 rings (SSSR count). The summed E-state index contributed by atoms with van der Waals surface area (Å²) < 4.78 is 0. The van der Waals surface area contributed by atoms with Crippen LogP contribution in [0.1, 0.15) is 63.1 Å². The molecule has 31 heavy (non-hydrogen) atoms. The van der Waals surface area contributed by atoms with Crippen LogP contribution in [0.5, 0.6) is 0 Å². The Hall–Kier alpha value is -2.89. The van der Waals surface area contributed by atoms with E-state index in [0.29, 0.717) is 13.0 Å². The van der Waals surface area contributed by atoms with Crippen molar-refractivity contribution < 1.29 is 9.59 Å². The normalized spacial score (nSPS) is 15.3. The third kappa shape index (κ3) is 7.09. The van der Waals surface area contributed by atoms with Gasteiger partial charge in [-0.25, -0.2) is 4.98 Å². The number of nitrogens with zero attached hydrogens (tertiary/aromatic N) is 2. The molecule has 1 unspecified atom stereocenters. The van der Waals surface area contributed by atoms with Crippen LogP contribution in [0.3, 0.4) is 0 Å². The Morgan fingerprint density at radius 2 is 1.71 bits per heavy atom. The quantitative estimate of drug-likeness (QED) is 0.675. The van der Waals surface area contributed by atoms with Gasteiger partial charge >= 0.3 is 0 Å². The van der Waals surface area contributed by atoms with Gasteiger partial charge in [-0.05, 0) is 36.0 Å². The molecule has 2 N–H and O–H groups in total. The molecule has 2 amide bonds. The molecule has 6 heteroatoms. The monoisotopic (exact) mass is 422 g/mol. The highest BCUT2D eigenvalue weighted by molar-refractivity contribution is 5.88. The highest BCUT2D eigenvalue weighted by atomic mass is 16.2. The third-order valence-electron chi connectivity index (χ3n) is 5.50. The molecule has 166 valence electrons. The first-order valence-corrected chi connectivity index (χ1v) is 11.3. The maximum Gasteiger partial charge on any atom is 0.247 e. The topological polar surface area (TPSA) is 74.3 Å². The van der Waals surface area contributed by atoms with Crippen molar-refractivity contribution in [2.45, 2.75) is 58.5 Å². The van der Waals surface area contributed by atoms with Crippen molar-refractivity contribution in [3.8, 4) is 0 Å². The number of benzene rings is 1. The minimum Gasteiger partial charge on any atom is -0.357 e. The first-order valence-electron chi connectivity index (χ1n) is 11.3. The number of rotatable bonds is 8. The fourth-order valence-electron chi connectivity index (χ4n) is 3.84. The van der Waals surface area contributed by atoms with Gasteiger partial charge in [-0.15, -0.1) is 0 Å². The molecule has 1 atom stereocenters. The standard InChI is InChI=1S/C25H34N4O2/c1-19(2)16-23(30)28-24(21-10-6-5-7-11-21)25(31)27-18-20-12-13-22(26-17-20)29-14-8-3-4-9-15-29/h5-7,10-13,17,19,24H,3-4,8-9,14-16,18H2,1-2H3,(H,27,31)(H,28,30). The van der Waals surface area contributed by atoms with Crippen LogP contribution in [0, 0.1) is 5.92 Å². The number of carbonyl (C=O) groups excluding carboxylic acids is 2. The van der Waals surface area contributed by atoms with Gasteiger partial charge in [0.1, 0.15) is 11.9 Å². The van der Waals surface area contributed by atoms with Gasteiger partial charge in [-0.2, -0.15) is 0 Å². The molecule has 1 aromatic carbocycles. The Bertz CT molecular complexity index is 828. The van der Waals surface area contributed by atoms with E-state index in [1.54, 1.807) is 0 Å². The van der Waals surface area contributed by atoms with Crippen LogP contribution in [0.2, 0.25) is 0 Å². The van der Waals surface area contributed by atoms with Crippen molar-refractivity contribution in [1.82, 2.24) is 15.6 Å². The summed E-state index contributed by atoms with van der Waals surface area (Å²) in [6.07, 6.45) is 7.22. The van der Waals surface area contributed by atoms with Crippen molar-refractivity contribution in [2.75, 3.05) is 18.0 Å². The van der Waals surface area contributed by atoms with Crippen LogP contribution in [0.25, 0.3) is 0 Å². The summed E-state index contributed by atoms with van der Waals surface area (Å²) in [5.74, 6) is 0.885. The second kappa shape index (κ2) is 11.5. The zero-order valence-electron chi connectivity index (χ0n) is 18.6. The molecule has 0 aliphatic carbocycles. The minimum absolute atomic E-state index is 0.123. The van der Waals surface area contributed by atoms with Crippen molar-refractivity contribution in [3.05, 3.63) is 59.8 Å². The lowest BCUT2D eigenvalue weighted by Crippen LogP contribution is -2.40. The minimum atomic E-state index is -0.711. The van der Waals surface area contributed by atoms with Crippen LogP contribution < -0.4 is 15.5 Å². The van der Waals surface area contributed by atoms with Gasteiger partial charge in [0.15, 0.2) is 0 Å². The smallest absolute Gasteiger partial charge is 0.247 e. The van der Waals surface area contributed by atoms with Gasteiger partial charge in [0, 0.05) is 32.3 Å². The summed E-state index contributed by atoms with van der Waals surface area (Å²) in [5.41, 5.74) is 1.71. The Morgan fingerprint density at radius 1 is 1.00 bits per heavy atom. The average Bonchev–Trinajstić information content (AvgIpc) is 3.06. The molecule has 2 aromatic rings. The van der Waals surface area contributed by atoms with E-state index in [4.69, 9.17) is 0 Å². The zero-order chi connectivity index (χ0) is 22.1. The van der Waals surface area contributed by atoms with E-state index in [2.05, 4.69) is 20.5 Å². The van der Waals surface area contributed by atoms with Crippen molar-refractivity contribution in [1.29, 1.82) is 0 Å². The number of hydrogen-bond donors (Lipinski definition) is 2. The number of carbonyl (C=O) groups is 2. The molecule has 6 nitrogen and oxygen atoms in total. The van der Waals surface area contributed by atoms with E-state index >= 15 is 0 Å². The molecule has 1 aliphatic rings. The fourth-order valence-corrected chi connectivity index (χ4v) is 3.84. The molecule has 1 fully saturated rings. The number of anilines is 1. The van der Waals surface area contributed by atoms with Gasteiger partial charge < -0.3 is 15.5 Å². The zero-order valence-corrected chi connectivity index (χ0v) is 18.6. The molecule has 1 aromatic heterocycles. The molecule has 0 saturated carbocycles. The largest absolute Gasteiger partial charge is 0.357 e. The summed E-state index contributed by atoms with van der Waals surface area (Å²) in [5, 5.41) is 5.84. The third-order valence-corrected chi connectivity index (χ3v) is 5.50. The van der Waals surface area contributed by atoms with Gasteiger partial charge in [0.05, 0.1) is 0 Å². The maximum absolute atomic E-state index is 12.9. The predicted octanol–water partition coefficient (Wildman–Crippen LogP) is 3.98. The molecule has 0 spiro atoms. The van der Waals surface area contributed by atoms with Gasteiger partial charge in [-0.1, -0.05) is 63.1 Å². The lowest BCUT2D eigenvalue weighted by molar-refractivity contribution is -0.129. The van der Waals surface area contributed by atoms with Crippen molar-refractivity contribution >= 4 is 17.6 Å². The van der Waals surface area contributed by atoms with E-state index in [-0.39, 0.29) is 17.7 Å².